The van der Waals surface area contributed by atoms with E-state index in [-0.39, 0.29) is 0 Å². The summed E-state index contributed by atoms with van der Waals surface area (Å²) in [7, 11) is 2.13. The third kappa shape index (κ3) is 2.12. The maximum atomic E-state index is 4.12. The zero-order valence-electron chi connectivity index (χ0n) is 10.4. The van der Waals surface area contributed by atoms with Crippen molar-refractivity contribution in [2.75, 3.05) is 25.3 Å². The smallest absolute Gasteiger partial charge is 0.0731 e. The summed E-state index contributed by atoms with van der Waals surface area (Å²) in [5, 5.41) is 0. The van der Waals surface area contributed by atoms with Gasteiger partial charge in [0.25, 0.3) is 0 Å². The zero-order valence-corrected chi connectivity index (χ0v) is 10.4. The van der Waals surface area contributed by atoms with Crippen molar-refractivity contribution in [1.82, 2.24) is 4.90 Å². The lowest BCUT2D eigenvalue weighted by molar-refractivity contribution is 0.232. The summed E-state index contributed by atoms with van der Waals surface area (Å²) in [5.41, 5.74) is 3.78. The fourth-order valence-electron chi connectivity index (χ4n) is 1.92. The molecule has 0 saturated carbocycles. The van der Waals surface area contributed by atoms with Crippen LogP contribution in [0.2, 0.25) is 0 Å². The van der Waals surface area contributed by atoms with Crippen molar-refractivity contribution >= 4 is 11.3 Å². The highest BCUT2D eigenvalue weighted by atomic mass is 15.5. The average molecular weight is 216 g/mol. The predicted molar refractivity (Wildman–Crippen MR) is 70.3 cm³/mol. The molecule has 2 rings (SSSR count). The lowest BCUT2D eigenvalue weighted by Crippen LogP contribution is -2.53. The van der Waals surface area contributed by atoms with E-state index in [9.17, 15) is 0 Å². The molecule has 1 aromatic rings. The van der Waals surface area contributed by atoms with Gasteiger partial charge in [-0.1, -0.05) is 32.6 Å². The molecule has 1 heterocycles. The molecule has 86 valence electrons. The summed E-state index contributed by atoms with van der Waals surface area (Å²) in [4.78, 5) is 4.63. The Labute approximate surface area is 98.2 Å². The van der Waals surface area contributed by atoms with Gasteiger partial charge < -0.3 is 4.90 Å². The molecule has 1 fully saturated rings. The third-order valence-corrected chi connectivity index (χ3v) is 3.12. The van der Waals surface area contributed by atoms with Crippen molar-refractivity contribution in [3.05, 3.63) is 36.4 Å². The minimum atomic E-state index is 0.515. The van der Waals surface area contributed by atoms with E-state index in [0.717, 1.165) is 13.3 Å². The number of anilines is 1. The van der Waals surface area contributed by atoms with Crippen LogP contribution in [0.3, 0.4) is 0 Å². The Bertz CT molecular complexity index is 372. The van der Waals surface area contributed by atoms with Gasteiger partial charge in [-0.05, 0) is 36.2 Å². The van der Waals surface area contributed by atoms with Crippen molar-refractivity contribution in [1.29, 1.82) is 0 Å². The molecule has 1 aromatic carbocycles. The van der Waals surface area contributed by atoms with Gasteiger partial charge in [0.05, 0.1) is 13.3 Å². The van der Waals surface area contributed by atoms with Gasteiger partial charge in [-0.25, -0.2) is 0 Å². The molecular weight excluding hydrogens is 196 g/mol. The monoisotopic (exact) mass is 216 g/mol. The first-order valence-corrected chi connectivity index (χ1v) is 5.80. The Hall–Kier alpha value is -1.28. The van der Waals surface area contributed by atoms with Crippen LogP contribution in [-0.4, -0.2) is 25.3 Å². The molecule has 0 bridgehead atoms. The van der Waals surface area contributed by atoms with Crippen LogP contribution in [0.5, 0.6) is 0 Å². The van der Waals surface area contributed by atoms with Crippen LogP contribution in [0.15, 0.2) is 30.8 Å². The van der Waals surface area contributed by atoms with Gasteiger partial charge in [0.15, 0.2) is 0 Å². The Morgan fingerprint density at radius 3 is 2.19 bits per heavy atom. The van der Waals surface area contributed by atoms with Gasteiger partial charge in [-0.15, -0.1) is 0 Å². The molecule has 0 aliphatic carbocycles. The molecule has 0 aromatic heterocycles. The first kappa shape index (κ1) is 11.2. The number of allylic oxidation sites excluding steroid dienone is 1. The van der Waals surface area contributed by atoms with Crippen LogP contribution >= 0.6 is 0 Å². The second-order valence-corrected chi connectivity index (χ2v) is 4.91. The van der Waals surface area contributed by atoms with E-state index in [4.69, 9.17) is 0 Å². The third-order valence-electron chi connectivity index (χ3n) is 3.12. The lowest BCUT2D eigenvalue weighted by atomic mass is 9.97. The quantitative estimate of drug-likeness (QED) is 0.766. The van der Waals surface area contributed by atoms with Crippen molar-refractivity contribution in [2.24, 2.45) is 5.92 Å². The van der Waals surface area contributed by atoms with E-state index in [1.54, 1.807) is 0 Å². The highest BCUT2D eigenvalue weighted by Crippen LogP contribution is 2.25. The minimum Gasteiger partial charge on any atom is -0.345 e. The fourth-order valence-corrected chi connectivity index (χ4v) is 1.92. The summed E-state index contributed by atoms with van der Waals surface area (Å²) in [6.07, 6.45) is 0. The molecule has 1 aliphatic heterocycles. The largest absolute Gasteiger partial charge is 0.345 e. The van der Waals surface area contributed by atoms with Crippen LogP contribution in [0.1, 0.15) is 19.4 Å². The number of benzene rings is 1. The summed E-state index contributed by atoms with van der Waals surface area (Å²) >= 11 is 0. The molecule has 1 saturated heterocycles. The van der Waals surface area contributed by atoms with Crippen LogP contribution in [0, 0.1) is 5.92 Å². The first-order chi connectivity index (χ1) is 7.58. The van der Waals surface area contributed by atoms with Gasteiger partial charge in [0, 0.05) is 5.69 Å². The molecule has 2 heteroatoms. The normalized spacial score (nSPS) is 16.4. The van der Waals surface area contributed by atoms with Crippen LogP contribution in [-0.2, 0) is 0 Å². The van der Waals surface area contributed by atoms with Crippen molar-refractivity contribution in [3.8, 4) is 0 Å². The predicted octanol–water partition coefficient (Wildman–Crippen LogP) is 3.02. The molecule has 0 atom stereocenters. The van der Waals surface area contributed by atoms with Gasteiger partial charge in [0.2, 0.25) is 0 Å². The van der Waals surface area contributed by atoms with Gasteiger partial charge in [-0.2, -0.15) is 0 Å². The van der Waals surface area contributed by atoms with Crippen molar-refractivity contribution in [3.63, 3.8) is 0 Å². The molecule has 0 spiro atoms. The van der Waals surface area contributed by atoms with Crippen LogP contribution in [0.25, 0.3) is 5.57 Å². The summed E-state index contributed by atoms with van der Waals surface area (Å²) < 4.78 is 0. The Morgan fingerprint density at radius 2 is 1.75 bits per heavy atom. The summed E-state index contributed by atoms with van der Waals surface area (Å²) in [5.74, 6) is 0.515. The highest BCUT2D eigenvalue weighted by molar-refractivity contribution is 5.66. The molecular formula is C14H20N2. The number of rotatable bonds is 3. The van der Waals surface area contributed by atoms with E-state index in [0.29, 0.717) is 5.92 Å². The molecule has 16 heavy (non-hydrogen) atoms. The van der Waals surface area contributed by atoms with Crippen LogP contribution in [0.4, 0.5) is 5.69 Å². The number of nitrogens with zero attached hydrogens (tertiary/aromatic N) is 2. The van der Waals surface area contributed by atoms with Crippen molar-refractivity contribution in [2.45, 2.75) is 13.8 Å². The van der Waals surface area contributed by atoms with E-state index >= 15 is 0 Å². The minimum absolute atomic E-state index is 0.515. The molecule has 0 unspecified atom stereocenters. The number of hydrogen-bond donors (Lipinski definition) is 0. The zero-order chi connectivity index (χ0) is 11.7. The standard InChI is InChI=1S/C14H20N2/c1-11(2)12(3)13-5-7-14(8-6-13)16-9-15(4)10-16/h5-8,11H,3,9-10H2,1-2,4H3. The Kier molecular flexibility index (Phi) is 3.01. The Morgan fingerprint density at radius 1 is 1.19 bits per heavy atom. The number of hydrogen-bond acceptors (Lipinski definition) is 2. The second-order valence-electron chi connectivity index (χ2n) is 4.91. The highest BCUT2D eigenvalue weighted by Gasteiger charge is 2.19. The maximum absolute atomic E-state index is 4.12. The van der Waals surface area contributed by atoms with Gasteiger partial charge >= 0.3 is 0 Å². The van der Waals surface area contributed by atoms with E-state index in [1.807, 2.05) is 0 Å². The van der Waals surface area contributed by atoms with Crippen molar-refractivity contribution < 1.29 is 0 Å². The first-order valence-electron chi connectivity index (χ1n) is 5.80. The molecule has 1 aliphatic rings. The molecule has 2 nitrogen and oxygen atoms in total. The van der Waals surface area contributed by atoms with E-state index in [2.05, 4.69) is 61.5 Å². The lowest BCUT2D eigenvalue weighted by Gasteiger charge is -2.41. The van der Waals surface area contributed by atoms with E-state index in [1.165, 1.54) is 16.8 Å². The Balaban J connectivity index is 2.08. The fraction of sp³-hybridized carbons (Fsp3) is 0.429. The van der Waals surface area contributed by atoms with E-state index < -0.39 is 0 Å². The summed E-state index contributed by atoms with van der Waals surface area (Å²) in [6, 6.07) is 8.73. The maximum Gasteiger partial charge on any atom is 0.0731 e. The van der Waals surface area contributed by atoms with Gasteiger partial charge in [-0.3, -0.25) is 4.90 Å². The van der Waals surface area contributed by atoms with Gasteiger partial charge in [0.1, 0.15) is 0 Å². The molecule has 0 amide bonds. The SMILES string of the molecule is C=C(c1ccc(N2CN(C)C2)cc1)C(C)C. The summed E-state index contributed by atoms with van der Waals surface area (Å²) in [6.45, 7) is 10.6. The van der Waals surface area contributed by atoms with Crippen LogP contribution < -0.4 is 4.90 Å². The molecule has 0 radical (unpaired) electrons. The molecule has 0 N–H and O–H groups in total. The average Bonchev–Trinajstić information content (AvgIpc) is 2.24. The topological polar surface area (TPSA) is 6.48 Å². The second kappa shape index (κ2) is 4.30.